The Labute approximate surface area is 231 Å². The van der Waals surface area contributed by atoms with Crippen LogP contribution in [0.4, 0.5) is 10.1 Å². The summed E-state index contributed by atoms with van der Waals surface area (Å²) in [6.45, 7) is 6.21. The van der Waals surface area contributed by atoms with Gasteiger partial charge >= 0.3 is 0 Å². The lowest BCUT2D eigenvalue weighted by atomic mass is 9.83. The second kappa shape index (κ2) is 13.2. The van der Waals surface area contributed by atoms with Gasteiger partial charge in [-0.2, -0.15) is 0 Å². The molecule has 0 aromatic heterocycles. The molecule has 2 aliphatic rings. The predicted molar refractivity (Wildman–Crippen MR) is 151 cm³/mol. The number of anilines is 1. The molecule has 2 aromatic carbocycles. The van der Waals surface area contributed by atoms with E-state index in [9.17, 15) is 18.8 Å². The summed E-state index contributed by atoms with van der Waals surface area (Å²) in [4.78, 5) is 44.5. The lowest BCUT2D eigenvalue weighted by molar-refractivity contribution is -0.133. The van der Waals surface area contributed by atoms with Crippen LogP contribution in [0.15, 0.2) is 48.5 Å². The van der Waals surface area contributed by atoms with Gasteiger partial charge in [-0.05, 0) is 62.1 Å². The number of nitrogens with zero attached hydrogens (tertiary/aromatic N) is 2. The summed E-state index contributed by atoms with van der Waals surface area (Å²) in [6, 6.07) is 12.4. The number of nitrogens with one attached hydrogen (secondary N) is 2. The van der Waals surface area contributed by atoms with Gasteiger partial charge in [0.25, 0.3) is 5.91 Å². The number of ketones is 1. The molecule has 1 aliphatic heterocycles. The average molecular weight is 537 g/mol. The number of Topliss-reactive ketones (excluding diaryl/α,β-unsaturated/α-hetero) is 1. The summed E-state index contributed by atoms with van der Waals surface area (Å²) in [5, 5.41) is 6.07. The fourth-order valence-corrected chi connectivity index (χ4v) is 5.84. The highest BCUT2D eigenvalue weighted by molar-refractivity contribution is 5.95. The van der Waals surface area contributed by atoms with Crippen LogP contribution in [0.1, 0.15) is 68.3 Å². The van der Waals surface area contributed by atoms with E-state index in [1.165, 1.54) is 35.5 Å². The maximum Gasteiger partial charge on any atom is 0.251 e. The van der Waals surface area contributed by atoms with E-state index >= 15 is 0 Å². The molecule has 1 saturated carbocycles. The second-order valence-corrected chi connectivity index (χ2v) is 10.9. The summed E-state index contributed by atoms with van der Waals surface area (Å²) in [6.07, 6.45) is 4.48. The zero-order chi connectivity index (χ0) is 27.9. The van der Waals surface area contributed by atoms with Crippen LogP contribution in [0.5, 0.6) is 0 Å². The highest BCUT2D eigenvalue weighted by Gasteiger charge is 2.36. The quantitative estimate of drug-likeness (QED) is 0.499. The molecule has 2 N–H and O–H groups in total. The smallest absolute Gasteiger partial charge is 0.251 e. The SMILES string of the molecule is CCCC(NC(=O)[C@@H]1CCCC[C@@H]1NC(=O)c1ccc(F)cc1)C(=O)[C@H](C)N1CCN(C)c2ccccc2C1. The lowest BCUT2D eigenvalue weighted by Gasteiger charge is -2.34. The Morgan fingerprint density at radius 2 is 1.74 bits per heavy atom. The first-order chi connectivity index (χ1) is 18.8. The van der Waals surface area contributed by atoms with Crippen LogP contribution >= 0.6 is 0 Å². The van der Waals surface area contributed by atoms with Crippen molar-refractivity contribution in [3.8, 4) is 0 Å². The van der Waals surface area contributed by atoms with Gasteiger partial charge in [0, 0.05) is 44.0 Å². The molecule has 1 unspecified atom stereocenters. The zero-order valence-corrected chi connectivity index (χ0v) is 23.3. The van der Waals surface area contributed by atoms with Crippen molar-refractivity contribution < 1.29 is 18.8 Å². The van der Waals surface area contributed by atoms with Crippen LogP contribution in [-0.4, -0.2) is 60.8 Å². The Balaban J connectivity index is 1.43. The van der Waals surface area contributed by atoms with Gasteiger partial charge in [-0.1, -0.05) is 44.4 Å². The Bertz CT molecular complexity index is 1150. The van der Waals surface area contributed by atoms with Crippen molar-refractivity contribution in [2.45, 2.75) is 77.0 Å². The van der Waals surface area contributed by atoms with Crippen molar-refractivity contribution >= 4 is 23.3 Å². The number of carbonyl (C=O) groups excluding carboxylic acids is 3. The highest BCUT2D eigenvalue weighted by Crippen LogP contribution is 2.27. The first kappa shape index (κ1) is 28.7. The van der Waals surface area contributed by atoms with Gasteiger partial charge < -0.3 is 15.5 Å². The molecule has 0 bridgehead atoms. The van der Waals surface area contributed by atoms with Crippen molar-refractivity contribution in [2.24, 2.45) is 5.92 Å². The molecule has 2 amide bonds. The predicted octanol–water partition coefficient (Wildman–Crippen LogP) is 4.31. The van der Waals surface area contributed by atoms with Gasteiger partial charge in [-0.15, -0.1) is 0 Å². The average Bonchev–Trinajstić information content (AvgIpc) is 3.11. The van der Waals surface area contributed by atoms with E-state index in [1.54, 1.807) is 0 Å². The van der Waals surface area contributed by atoms with Gasteiger partial charge in [-0.3, -0.25) is 19.3 Å². The van der Waals surface area contributed by atoms with Crippen LogP contribution in [0, 0.1) is 11.7 Å². The summed E-state index contributed by atoms with van der Waals surface area (Å²) >= 11 is 0. The van der Waals surface area contributed by atoms with Crippen LogP contribution in [0.2, 0.25) is 0 Å². The molecular formula is C31H41FN4O3. The molecule has 210 valence electrons. The fraction of sp³-hybridized carbons (Fsp3) is 0.516. The Morgan fingerprint density at radius 3 is 2.49 bits per heavy atom. The third kappa shape index (κ3) is 7.04. The van der Waals surface area contributed by atoms with Crippen molar-refractivity contribution in [2.75, 3.05) is 25.0 Å². The molecule has 0 spiro atoms. The van der Waals surface area contributed by atoms with Crippen molar-refractivity contribution in [1.82, 2.24) is 15.5 Å². The van der Waals surface area contributed by atoms with Crippen molar-refractivity contribution in [3.05, 3.63) is 65.5 Å². The van der Waals surface area contributed by atoms with Crippen molar-refractivity contribution in [1.29, 1.82) is 0 Å². The number of halogens is 1. The van der Waals surface area contributed by atoms with Gasteiger partial charge in [0.05, 0.1) is 18.0 Å². The summed E-state index contributed by atoms with van der Waals surface area (Å²) in [7, 11) is 2.07. The van der Waals surface area contributed by atoms with E-state index in [1.807, 2.05) is 26.0 Å². The molecule has 0 saturated heterocycles. The first-order valence-electron chi connectivity index (χ1n) is 14.2. The largest absolute Gasteiger partial charge is 0.373 e. The van der Waals surface area contributed by atoms with E-state index in [2.05, 4.69) is 39.6 Å². The third-order valence-electron chi connectivity index (χ3n) is 8.22. The lowest BCUT2D eigenvalue weighted by Crippen LogP contribution is -2.54. The molecule has 7 nitrogen and oxygen atoms in total. The normalized spacial score (nSPS) is 21.3. The van der Waals surface area contributed by atoms with Crippen LogP contribution in [-0.2, 0) is 16.1 Å². The van der Waals surface area contributed by atoms with E-state index < -0.39 is 17.8 Å². The second-order valence-electron chi connectivity index (χ2n) is 10.9. The van der Waals surface area contributed by atoms with Crippen LogP contribution in [0.25, 0.3) is 0 Å². The van der Waals surface area contributed by atoms with Gasteiger partial charge in [0.15, 0.2) is 5.78 Å². The van der Waals surface area contributed by atoms with E-state index in [0.29, 0.717) is 31.4 Å². The Kier molecular flexibility index (Phi) is 9.73. The molecule has 39 heavy (non-hydrogen) atoms. The highest BCUT2D eigenvalue weighted by atomic mass is 19.1. The number of fused-ring (bicyclic) bond motifs is 1. The van der Waals surface area contributed by atoms with Gasteiger partial charge in [-0.25, -0.2) is 4.39 Å². The number of likely N-dealkylation sites (N-methyl/N-ethyl adjacent to an activating group) is 1. The maximum absolute atomic E-state index is 13.8. The summed E-state index contributed by atoms with van der Waals surface area (Å²) < 4.78 is 13.3. The summed E-state index contributed by atoms with van der Waals surface area (Å²) in [5.74, 6) is -1.29. The number of para-hydroxylation sites is 1. The first-order valence-corrected chi connectivity index (χ1v) is 14.2. The van der Waals surface area contributed by atoms with Crippen molar-refractivity contribution in [3.63, 3.8) is 0 Å². The van der Waals surface area contributed by atoms with Gasteiger partial charge in [0.2, 0.25) is 5.91 Å². The molecule has 4 atom stereocenters. The van der Waals surface area contributed by atoms with Gasteiger partial charge in [0.1, 0.15) is 5.82 Å². The number of benzene rings is 2. The molecule has 1 heterocycles. The maximum atomic E-state index is 13.8. The topological polar surface area (TPSA) is 81.8 Å². The minimum Gasteiger partial charge on any atom is -0.373 e. The number of hydrogen-bond acceptors (Lipinski definition) is 5. The molecule has 2 aromatic rings. The molecule has 4 rings (SSSR count). The number of rotatable bonds is 9. The Morgan fingerprint density at radius 1 is 1.03 bits per heavy atom. The van der Waals surface area contributed by atoms with E-state index in [4.69, 9.17) is 0 Å². The van der Waals surface area contributed by atoms with E-state index in [-0.39, 0.29) is 29.7 Å². The molecule has 0 radical (unpaired) electrons. The summed E-state index contributed by atoms with van der Waals surface area (Å²) in [5.41, 5.74) is 2.73. The molecule has 8 heteroatoms. The zero-order valence-electron chi connectivity index (χ0n) is 23.3. The molecular weight excluding hydrogens is 495 g/mol. The standard InChI is InChI=1S/C31H41FN4O3/c1-4-9-27(29(37)21(2)36-19-18-35(3)28-13-8-5-10-23(28)20-36)34-31(39)25-11-6-7-12-26(25)33-30(38)22-14-16-24(32)17-15-22/h5,8,10,13-17,21,25-27H,4,6-7,9,11-12,18-20H2,1-3H3,(H,33,38)(H,34,39)/t21-,25+,26-,27?/m0/s1. The monoisotopic (exact) mass is 536 g/mol. The molecule has 1 aliphatic carbocycles. The minimum absolute atomic E-state index is 0.0231. The fourth-order valence-electron chi connectivity index (χ4n) is 5.84. The van der Waals surface area contributed by atoms with Crippen LogP contribution in [0.3, 0.4) is 0 Å². The number of carbonyl (C=O) groups is 3. The third-order valence-corrected chi connectivity index (χ3v) is 8.22. The number of amides is 2. The Hall–Kier alpha value is -3.26. The molecule has 1 fully saturated rings. The number of hydrogen-bond donors (Lipinski definition) is 2. The van der Waals surface area contributed by atoms with Crippen LogP contribution < -0.4 is 15.5 Å². The minimum atomic E-state index is -0.580. The van der Waals surface area contributed by atoms with E-state index in [0.717, 1.165) is 32.4 Å².